The lowest BCUT2D eigenvalue weighted by molar-refractivity contribution is 0.317. The Morgan fingerprint density at radius 2 is 1.86 bits per heavy atom. The second-order valence-electron chi connectivity index (χ2n) is 4.97. The van der Waals surface area contributed by atoms with Crippen LogP contribution in [0.3, 0.4) is 0 Å². The van der Waals surface area contributed by atoms with Crippen molar-refractivity contribution in [1.29, 1.82) is 0 Å². The van der Waals surface area contributed by atoms with E-state index in [-0.39, 0.29) is 5.75 Å². The van der Waals surface area contributed by atoms with E-state index in [1.54, 1.807) is 6.07 Å². The van der Waals surface area contributed by atoms with Gasteiger partial charge in [0.25, 0.3) is 0 Å². The quantitative estimate of drug-likeness (QED) is 0.815. The van der Waals surface area contributed by atoms with E-state index < -0.39 is 0 Å². The van der Waals surface area contributed by atoms with Crippen molar-refractivity contribution in [3.63, 3.8) is 0 Å². The number of phenols is 1. The number of ether oxygens (including phenoxy) is 1. The maximum absolute atomic E-state index is 10.2. The van der Waals surface area contributed by atoms with Crippen LogP contribution in [0.4, 0.5) is 5.69 Å². The zero-order valence-electron chi connectivity index (χ0n) is 12.5. The molecule has 3 nitrogen and oxygen atoms in total. The minimum Gasteiger partial charge on any atom is -0.504 e. The summed E-state index contributed by atoms with van der Waals surface area (Å²) < 4.78 is 6.53. The zero-order valence-corrected chi connectivity index (χ0v) is 14.1. The zero-order chi connectivity index (χ0) is 15.4. The van der Waals surface area contributed by atoms with Gasteiger partial charge in [-0.1, -0.05) is 28.1 Å². The normalized spacial score (nSPS) is 10.5. The lowest BCUT2D eigenvalue weighted by Gasteiger charge is -2.13. The number of phenolic OH excluding ortho intramolecular Hbond substituents is 1. The van der Waals surface area contributed by atoms with E-state index in [0.29, 0.717) is 18.9 Å². The van der Waals surface area contributed by atoms with E-state index in [4.69, 9.17) is 4.74 Å². The summed E-state index contributed by atoms with van der Waals surface area (Å²) in [6.07, 6.45) is 0. The third-order valence-electron chi connectivity index (χ3n) is 3.30. The van der Waals surface area contributed by atoms with Gasteiger partial charge in [-0.3, -0.25) is 0 Å². The van der Waals surface area contributed by atoms with Crippen molar-refractivity contribution in [1.82, 2.24) is 0 Å². The van der Waals surface area contributed by atoms with Gasteiger partial charge < -0.3 is 15.2 Å². The average Bonchev–Trinajstić information content (AvgIpc) is 2.45. The number of hydrogen-bond acceptors (Lipinski definition) is 3. The second kappa shape index (κ2) is 6.85. The Morgan fingerprint density at radius 3 is 2.48 bits per heavy atom. The van der Waals surface area contributed by atoms with Crippen molar-refractivity contribution >= 4 is 21.6 Å². The van der Waals surface area contributed by atoms with Crippen molar-refractivity contribution < 1.29 is 9.84 Å². The molecular formula is C17H20BrNO2. The lowest BCUT2D eigenvalue weighted by Crippen LogP contribution is -2.02. The molecule has 21 heavy (non-hydrogen) atoms. The highest BCUT2D eigenvalue weighted by Crippen LogP contribution is 2.31. The van der Waals surface area contributed by atoms with Crippen LogP contribution >= 0.6 is 15.9 Å². The third kappa shape index (κ3) is 3.70. The van der Waals surface area contributed by atoms with Crippen molar-refractivity contribution in [2.24, 2.45) is 0 Å². The summed E-state index contributed by atoms with van der Waals surface area (Å²) in [5, 5.41) is 13.5. The van der Waals surface area contributed by atoms with Gasteiger partial charge in [-0.05, 0) is 50.1 Å². The molecule has 0 radical (unpaired) electrons. The van der Waals surface area contributed by atoms with Crippen LogP contribution in [0.15, 0.2) is 34.8 Å². The summed E-state index contributed by atoms with van der Waals surface area (Å²) in [7, 11) is 0. The molecule has 0 amide bonds. The third-order valence-corrected chi connectivity index (χ3v) is 4.55. The molecule has 112 valence electrons. The summed E-state index contributed by atoms with van der Waals surface area (Å²) in [5.74, 6) is 0.734. The van der Waals surface area contributed by atoms with Gasteiger partial charge in [0.2, 0.25) is 0 Å². The van der Waals surface area contributed by atoms with Crippen LogP contribution in [0.2, 0.25) is 0 Å². The van der Waals surface area contributed by atoms with Gasteiger partial charge in [-0.15, -0.1) is 0 Å². The lowest BCUT2D eigenvalue weighted by atomic mass is 10.1. The van der Waals surface area contributed by atoms with Crippen LogP contribution in [0.5, 0.6) is 11.5 Å². The molecule has 0 fully saturated rings. The highest BCUT2D eigenvalue weighted by Gasteiger charge is 2.08. The molecule has 2 N–H and O–H groups in total. The summed E-state index contributed by atoms with van der Waals surface area (Å²) in [6, 6.07) is 9.72. The minimum absolute atomic E-state index is 0.206. The summed E-state index contributed by atoms with van der Waals surface area (Å²) >= 11 is 3.56. The Bertz CT molecular complexity index is 618. The number of halogens is 1. The first kappa shape index (κ1) is 15.7. The molecule has 0 bridgehead atoms. The number of hydrogen-bond donors (Lipinski definition) is 2. The monoisotopic (exact) mass is 349 g/mol. The van der Waals surface area contributed by atoms with Crippen LogP contribution in [0, 0.1) is 13.8 Å². The summed E-state index contributed by atoms with van der Waals surface area (Å²) in [6.45, 7) is 7.12. The fraction of sp³-hybridized carbons (Fsp3) is 0.294. The molecule has 2 aromatic carbocycles. The second-order valence-corrected chi connectivity index (χ2v) is 5.77. The number of nitrogens with one attached hydrogen (secondary N) is 1. The number of para-hydroxylation sites is 1. The molecule has 0 heterocycles. The average molecular weight is 350 g/mol. The predicted octanol–water partition coefficient (Wildman–Crippen LogP) is 4.78. The highest BCUT2D eigenvalue weighted by atomic mass is 79.9. The maximum atomic E-state index is 10.2. The molecular weight excluding hydrogens is 330 g/mol. The van der Waals surface area contributed by atoms with Gasteiger partial charge >= 0.3 is 0 Å². The molecule has 4 heteroatoms. The minimum atomic E-state index is 0.206. The number of rotatable bonds is 5. The Morgan fingerprint density at radius 1 is 1.19 bits per heavy atom. The molecule has 0 unspecified atom stereocenters. The molecule has 0 aliphatic heterocycles. The molecule has 0 aliphatic carbocycles. The standard InChI is InChI=1S/C17H20BrNO2/c1-4-21-15-7-5-6-13(17(15)20)10-19-14-8-11(2)16(18)12(3)9-14/h5-9,19-20H,4,10H2,1-3H3. The van der Waals surface area contributed by atoms with Crippen molar-refractivity contribution in [3.05, 3.63) is 51.5 Å². The van der Waals surface area contributed by atoms with Gasteiger partial charge in [0, 0.05) is 22.3 Å². The molecule has 0 aromatic heterocycles. The van der Waals surface area contributed by atoms with Crippen LogP contribution in [-0.2, 0) is 6.54 Å². The van der Waals surface area contributed by atoms with E-state index in [1.807, 2.05) is 19.1 Å². The van der Waals surface area contributed by atoms with E-state index in [0.717, 1.165) is 15.7 Å². The fourth-order valence-electron chi connectivity index (χ4n) is 2.23. The fourth-order valence-corrected chi connectivity index (χ4v) is 2.46. The molecule has 0 aliphatic rings. The number of anilines is 1. The van der Waals surface area contributed by atoms with Crippen molar-refractivity contribution in [3.8, 4) is 11.5 Å². The van der Waals surface area contributed by atoms with Gasteiger partial charge in [0.05, 0.1) is 6.61 Å². The highest BCUT2D eigenvalue weighted by molar-refractivity contribution is 9.10. The largest absolute Gasteiger partial charge is 0.504 e. The first-order valence-electron chi connectivity index (χ1n) is 6.97. The summed E-state index contributed by atoms with van der Waals surface area (Å²) in [5.41, 5.74) is 4.23. The number of benzene rings is 2. The van der Waals surface area contributed by atoms with E-state index in [1.165, 1.54) is 11.1 Å². The van der Waals surface area contributed by atoms with Crippen molar-refractivity contribution in [2.75, 3.05) is 11.9 Å². The Labute approximate surface area is 134 Å². The molecule has 0 atom stereocenters. The topological polar surface area (TPSA) is 41.5 Å². The van der Waals surface area contributed by atoms with Gasteiger partial charge in [-0.25, -0.2) is 0 Å². The van der Waals surface area contributed by atoms with E-state index in [9.17, 15) is 5.11 Å². The number of aromatic hydroxyl groups is 1. The van der Waals surface area contributed by atoms with Gasteiger partial charge in [0.1, 0.15) is 0 Å². The first-order chi connectivity index (χ1) is 10.0. The van der Waals surface area contributed by atoms with E-state index >= 15 is 0 Å². The first-order valence-corrected chi connectivity index (χ1v) is 7.76. The maximum Gasteiger partial charge on any atom is 0.162 e. The predicted molar refractivity (Wildman–Crippen MR) is 90.2 cm³/mol. The van der Waals surface area contributed by atoms with E-state index in [2.05, 4.69) is 47.2 Å². The van der Waals surface area contributed by atoms with Gasteiger partial charge in [0.15, 0.2) is 11.5 Å². The Balaban J connectivity index is 2.15. The summed E-state index contributed by atoms with van der Waals surface area (Å²) in [4.78, 5) is 0. The van der Waals surface area contributed by atoms with Crippen molar-refractivity contribution in [2.45, 2.75) is 27.3 Å². The van der Waals surface area contributed by atoms with Crippen LogP contribution in [0.25, 0.3) is 0 Å². The number of aryl methyl sites for hydroxylation is 2. The van der Waals surface area contributed by atoms with Crippen LogP contribution in [0.1, 0.15) is 23.6 Å². The molecule has 0 spiro atoms. The Hall–Kier alpha value is -1.68. The molecule has 2 rings (SSSR count). The van der Waals surface area contributed by atoms with Crippen LogP contribution in [-0.4, -0.2) is 11.7 Å². The molecule has 0 saturated carbocycles. The smallest absolute Gasteiger partial charge is 0.162 e. The Kier molecular flexibility index (Phi) is 5.12. The SMILES string of the molecule is CCOc1cccc(CNc2cc(C)c(Br)c(C)c2)c1O. The molecule has 2 aromatic rings. The van der Waals surface area contributed by atoms with Gasteiger partial charge in [-0.2, -0.15) is 0 Å². The molecule has 0 saturated heterocycles. The van der Waals surface area contributed by atoms with Crippen LogP contribution < -0.4 is 10.1 Å².